The fraction of sp³-hybridized carbons (Fsp3) is 0.421. The molecular weight excluding hydrogens is 398 g/mol. The largest absolute Gasteiger partial charge is 0.481 e. The Balaban J connectivity index is 1.82. The van der Waals surface area contributed by atoms with Crippen LogP contribution in [-0.4, -0.2) is 31.5 Å². The summed E-state index contributed by atoms with van der Waals surface area (Å²) in [5, 5.41) is 11.5. The van der Waals surface area contributed by atoms with Crippen LogP contribution in [0.2, 0.25) is 0 Å². The first-order chi connectivity index (χ1) is 13.8. The normalized spacial score (nSPS) is 19.5. The number of nitrogens with one attached hydrogen (secondary N) is 1. The second-order valence-electron chi connectivity index (χ2n) is 7.10. The number of benzene rings is 1. The topological polar surface area (TPSA) is 121 Å². The summed E-state index contributed by atoms with van der Waals surface area (Å²) >= 11 is 0. The highest BCUT2D eigenvalue weighted by atomic mass is 32.2. The molecule has 0 bridgehead atoms. The molecule has 10 heteroatoms. The van der Waals surface area contributed by atoms with Crippen molar-refractivity contribution in [2.24, 2.45) is 5.92 Å². The summed E-state index contributed by atoms with van der Waals surface area (Å²) in [5.41, 5.74) is -0.444. The van der Waals surface area contributed by atoms with E-state index in [1.54, 1.807) is 12.1 Å². The van der Waals surface area contributed by atoms with Gasteiger partial charge in [0.2, 0.25) is 21.7 Å². The summed E-state index contributed by atoms with van der Waals surface area (Å²) in [4.78, 5) is 14.6. The molecule has 2 aromatic rings. The van der Waals surface area contributed by atoms with Crippen molar-refractivity contribution >= 4 is 15.7 Å². The Morgan fingerprint density at radius 2 is 1.90 bits per heavy atom. The number of methoxy groups -OCH3 is 1. The fourth-order valence-electron chi connectivity index (χ4n) is 3.23. The molecule has 0 amide bonds. The summed E-state index contributed by atoms with van der Waals surface area (Å²) in [6.45, 7) is 2.14. The van der Waals surface area contributed by atoms with E-state index in [4.69, 9.17) is 9.47 Å². The van der Waals surface area contributed by atoms with Gasteiger partial charge in [-0.1, -0.05) is 6.92 Å². The zero-order chi connectivity index (χ0) is 21.0. The maximum Gasteiger partial charge on any atom is 0.312 e. The van der Waals surface area contributed by atoms with Crippen LogP contribution in [0.25, 0.3) is 0 Å². The summed E-state index contributed by atoms with van der Waals surface area (Å²) in [6.07, 6.45) is 4.78. The Morgan fingerprint density at radius 1 is 1.17 bits per heavy atom. The van der Waals surface area contributed by atoms with E-state index in [0.717, 1.165) is 31.7 Å². The van der Waals surface area contributed by atoms with E-state index < -0.39 is 20.6 Å². The van der Waals surface area contributed by atoms with Crippen LogP contribution in [0.15, 0.2) is 41.4 Å². The molecule has 1 fully saturated rings. The lowest BCUT2D eigenvalue weighted by Gasteiger charge is -2.26. The Hall–Kier alpha value is -2.72. The Kier molecular flexibility index (Phi) is 6.33. The van der Waals surface area contributed by atoms with Crippen LogP contribution >= 0.6 is 0 Å². The molecule has 0 spiro atoms. The van der Waals surface area contributed by atoms with Crippen LogP contribution in [0.1, 0.15) is 32.6 Å². The van der Waals surface area contributed by atoms with E-state index in [2.05, 4.69) is 16.6 Å². The second-order valence-corrected chi connectivity index (χ2v) is 8.82. The molecule has 0 saturated heterocycles. The van der Waals surface area contributed by atoms with Crippen molar-refractivity contribution in [1.82, 2.24) is 9.71 Å². The molecule has 1 aromatic heterocycles. The minimum atomic E-state index is -3.87. The Labute approximate surface area is 169 Å². The smallest absolute Gasteiger partial charge is 0.312 e. The molecule has 1 aliphatic rings. The van der Waals surface area contributed by atoms with Crippen LogP contribution < -0.4 is 14.2 Å². The van der Waals surface area contributed by atoms with Crippen molar-refractivity contribution in [1.29, 1.82) is 0 Å². The predicted molar refractivity (Wildman–Crippen MR) is 106 cm³/mol. The zero-order valence-electron chi connectivity index (χ0n) is 16.2. The molecule has 0 unspecified atom stereocenters. The molecule has 29 heavy (non-hydrogen) atoms. The number of nitrogens with zero attached hydrogens (tertiary/aromatic N) is 2. The quantitative estimate of drug-likeness (QED) is 0.535. The lowest BCUT2D eigenvalue weighted by molar-refractivity contribution is -0.385. The number of rotatable bonds is 7. The maximum absolute atomic E-state index is 12.7. The van der Waals surface area contributed by atoms with Crippen molar-refractivity contribution in [2.75, 3.05) is 7.11 Å². The van der Waals surface area contributed by atoms with Crippen molar-refractivity contribution in [3.05, 3.63) is 46.6 Å². The molecule has 1 aromatic carbocycles. The number of pyridine rings is 1. The third kappa shape index (κ3) is 5.21. The predicted octanol–water partition coefficient (Wildman–Crippen LogP) is 3.65. The zero-order valence-corrected chi connectivity index (χ0v) is 17.0. The van der Waals surface area contributed by atoms with Crippen molar-refractivity contribution in [2.45, 2.75) is 43.5 Å². The molecule has 1 aliphatic carbocycles. The van der Waals surface area contributed by atoms with Gasteiger partial charge in [-0.25, -0.2) is 18.1 Å². The third-order valence-corrected chi connectivity index (χ3v) is 6.44. The molecule has 3 rings (SSSR count). The van der Waals surface area contributed by atoms with Gasteiger partial charge in [0.25, 0.3) is 0 Å². The average molecular weight is 421 g/mol. The first-order valence-corrected chi connectivity index (χ1v) is 10.8. The molecule has 0 aliphatic heterocycles. The summed E-state index contributed by atoms with van der Waals surface area (Å²) in [7, 11) is -2.40. The number of aromatic nitrogens is 1. The highest BCUT2D eigenvalue weighted by Crippen LogP contribution is 2.34. The SMILES string of the molecule is COc1ccc(Oc2ccc(S(=O)(=O)NC3CCC(C)CC3)cc2[N+](=O)[O-])cn1. The average Bonchev–Trinajstić information content (AvgIpc) is 2.70. The summed E-state index contributed by atoms with van der Waals surface area (Å²) in [6, 6.07) is 6.53. The number of hydrogen-bond acceptors (Lipinski definition) is 7. The summed E-state index contributed by atoms with van der Waals surface area (Å²) < 4.78 is 38.5. The van der Waals surface area contributed by atoms with Gasteiger partial charge < -0.3 is 9.47 Å². The monoisotopic (exact) mass is 421 g/mol. The third-order valence-electron chi connectivity index (χ3n) is 4.92. The van der Waals surface area contributed by atoms with Gasteiger partial charge in [-0.3, -0.25) is 10.1 Å². The number of hydrogen-bond donors (Lipinski definition) is 1. The van der Waals surface area contributed by atoms with Crippen LogP contribution in [0.3, 0.4) is 0 Å². The van der Waals surface area contributed by atoms with Gasteiger partial charge in [0, 0.05) is 18.2 Å². The van der Waals surface area contributed by atoms with Gasteiger partial charge in [0.05, 0.1) is 23.1 Å². The minimum Gasteiger partial charge on any atom is -0.481 e. The van der Waals surface area contributed by atoms with Crippen LogP contribution in [0.5, 0.6) is 17.4 Å². The molecule has 1 saturated carbocycles. The van der Waals surface area contributed by atoms with E-state index >= 15 is 0 Å². The minimum absolute atomic E-state index is 0.0765. The van der Waals surface area contributed by atoms with Crippen molar-refractivity contribution in [3.8, 4) is 17.4 Å². The lowest BCUT2D eigenvalue weighted by atomic mass is 9.88. The molecule has 156 valence electrons. The highest BCUT2D eigenvalue weighted by molar-refractivity contribution is 7.89. The van der Waals surface area contributed by atoms with Crippen LogP contribution in [0.4, 0.5) is 5.69 Å². The standard InChI is InChI=1S/C19H23N3O6S/c1-13-3-5-14(6-4-13)21-29(25,26)16-8-9-18(17(11-16)22(23)24)28-15-7-10-19(27-2)20-12-15/h7-14,21H,3-6H2,1-2H3. The number of nitro groups is 1. The Morgan fingerprint density at radius 3 is 2.48 bits per heavy atom. The molecule has 1 heterocycles. The fourth-order valence-corrected chi connectivity index (χ4v) is 4.56. The van der Waals surface area contributed by atoms with Gasteiger partial charge >= 0.3 is 5.69 Å². The highest BCUT2D eigenvalue weighted by Gasteiger charge is 2.27. The lowest BCUT2D eigenvalue weighted by Crippen LogP contribution is -2.37. The number of sulfonamides is 1. The first-order valence-electron chi connectivity index (χ1n) is 9.27. The van der Waals surface area contributed by atoms with Crippen molar-refractivity contribution in [3.63, 3.8) is 0 Å². The van der Waals surface area contributed by atoms with Crippen LogP contribution in [-0.2, 0) is 10.0 Å². The first kappa shape index (κ1) is 21.0. The second kappa shape index (κ2) is 8.75. The van der Waals surface area contributed by atoms with E-state index in [0.29, 0.717) is 11.8 Å². The van der Waals surface area contributed by atoms with Gasteiger partial charge in [-0.05, 0) is 49.8 Å². The Bertz CT molecular complexity index is 970. The summed E-state index contributed by atoms with van der Waals surface area (Å²) in [5.74, 6) is 1.14. The van der Waals surface area contributed by atoms with E-state index in [-0.39, 0.29) is 22.4 Å². The van der Waals surface area contributed by atoms with E-state index in [9.17, 15) is 18.5 Å². The molecule has 0 atom stereocenters. The van der Waals surface area contributed by atoms with E-state index in [1.165, 1.54) is 25.4 Å². The molecule has 1 N–H and O–H groups in total. The van der Waals surface area contributed by atoms with E-state index in [1.807, 2.05) is 0 Å². The number of nitro benzene ring substituents is 1. The van der Waals surface area contributed by atoms with Gasteiger partial charge in [0.1, 0.15) is 5.75 Å². The molecular formula is C19H23N3O6S. The maximum atomic E-state index is 12.7. The van der Waals surface area contributed by atoms with Crippen LogP contribution in [0, 0.1) is 16.0 Å². The van der Waals surface area contributed by atoms with Gasteiger partial charge in [-0.2, -0.15) is 0 Å². The number of ether oxygens (including phenoxy) is 2. The molecule has 0 radical (unpaired) electrons. The van der Waals surface area contributed by atoms with Crippen molar-refractivity contribution < 1.29 is 22.8 Å². The molecule has 9 nitrogen and oxygen atoms in total. The van der Waals surface area contributed by atoms with Gasteiger partial charge in [-0.15, -0.1) is 0 Å². The van der Waals surface area contributed by atoms with Gasteiger partial charge in [0.15, 0.2) is 0 Å².